The summed E-state index contributed by atoms with van der Waals surface area (Å²) in [6, 6.07) is 61.3. The number of hydrogen-bond donors (Lipinski definition) is 2. The van der Waals surface area contributed by atoms with Gasteiger partial charge >= 0.3 is 0 Å². The van der Waals surface area contributed by atoms with Crippen molar-refractivity contribution in [1.82, 2.24) is 0 Å². The van der Waals surface area contributed by atoms with Crippen molar-refractivity contribution >= 4 is 142 Å². The highest BCUT2D eigenvalue weighted by atomic mass is 79.9. The molecule has 0 aliphatic heterocycles. The third-order valence-corrected chi connectivity index (χ3v) is 16.0. The first-order chi connectivity index (χ1) is 44.7. The third-order valence-electron chi connectivity index (χ3n) is 13.9. The van der Waals surface area contributed by atoms with Crippen LogP contribution in [0.5, 0.6) is 11.5 Å². The van der Waals surface area contributed by atoms with E-state index >= 15 is 0 Å². The Morgan fingerprint density at radius 1 is 0.467 bits per heavy atom. The zero-order valence-corrected chi connectivity index (χ0v) is 57.7. The Morgan fingerprint density at radius 3 is 1.53 bits per heavy atom. The van der Waals surface area contributed by atoms with Gasteiger partial charge in [0.05, 0.1) is 37.6 Å². The summed E-state index contributed by atoms with van der Waals surface area (Å²) in [5.74, 6) is 1.72. The van der Waals surface area contributed by atoms with Gasteiger partial charge in [-0.1, -0.05) is 157 Å². The van der Waals surface area contributed by atoms with E-state index in [4.69, 9.17) is 51.6 Å². The molecule has 2 atom stereocenters. The number of hydrogen-bond acceptors (Lipinski definition) is 13. The number of carbonyl (C=O) groups excluding carboxylic acids is 2. The van der Waals surface area contributed by atoms with Crippen LogP contribution in [0.25, 0.3) is 65.8 Å². The summed E-state index contributed by atoms with van der Waals surface area (Å²) >= 11 is 13.4. The van der Waals surface area contributed by atoms with Gasteiger partial charge in [0.1, 0.15) is 57.9 Å². The lowest BCUT2D eigenvalue weighted by molar-refractivity contribution is -0.152. The monoisotopic (exact) mass is 1490 g/mol. The first kappa shape index (κ1) is 71.2. The molecule has 0 radical (unpaired) electrons. The standard InChI is InChI=1S/C12H17BrO3.C12H14O.C11H13NO.2C9H6O2.2C8H5BrO.C6H5BrO/c1-3-14-12(15-4-2)9-16-11-7-5-6-10(13)8-11;1-3-9(2)11-5-4-10-6-7-13-12(10)8-11;1-2-10(12)8-4-3-5-11-9(8)6-7-13-11;10-6-7-1-2-8-3-4-11-9(8)5-7;10-6-7-2-1-3-9-8(7)4-5-11-9;9-7-2-1-6-3-4-10-8(6)5-7;9-7-2-1-3-8-6(7)4-5-10-8;7-5-2-1-3-6(8)4-5/h5-8,12H,3-4,9H2,1-2H3;4-9H,3H2,1-2H3;3-7,10H,2,12H2,1H3;2*1-6H;2*1-5H;1-4,8H. The van der Waals surface area contributed by atoms with Gasteiger partial charge in [-0.2, -0.15) is 0 Å². The molecule has 0 spiro atoms. The van der Waals surface area contributed by atoms with E-state index in [1.807, 2.05) is 135 Å². The molecule has 14 aromatic rings. The van der Waals surface area contributed by atoms with Gasteiger partial charge in [0, 0.05) is 80.6 Å². The first-order valence-corrected chi connectivity index (χ1v) is 32.7. The predicted molar refractivity (Wildman–Crippen MR) is 382 cm³/mol. The van der Waals surface area contributed by atoms with Crippen LogP contribution in [0.1, 0.15) is 91.3 Å². The van der Waals surface area contributed by atoms with Gasteiger partial charge in [0.2, 0.25) is 0 Å². The van der Waals surface area contributed by atoms with Crippen molar-refractivity contribution in [3.05, 3.63) is 272 Å². The van der Waals surface area contributed by atoms with Crippen molar-refractivity contribution in [2.45, 2.75) is 65.7 Å². The number of phenolic OH excluding ortho intramolecular Hbond substituents is 1. The number of phenols is 1. The molecule has 92 heavy (non-hydrogen) atoms. The second kappa shape index (κ2) is 37.9. The Hall–Kier alpha value is -8.26. The Kier molecular flexibility index (Phi) is 29.3. The molecule has 0 fully saturated rings. The van der Waals surface area contributed by atoms with Crippen molar-refractivity contribution in [1.29, 1.82) is 0 Å². The van der Waals surface area contributed by atoms with Crippen LogP contribution in [0.2, 0.25) is 0 Å². The molecule has 0 aliphatic carbocycles. The number of fused-ring (bicyclic) bond motifs is 6. The van der Waals surface area contributed by atoms with E-state index in [1.54, 1.807) is 86.1 Å². The summed E-state index contributed by atoms with van der Waals surface area (Å²) in [4.78, 5) is 20.8. The number of furan rings is 6. The zero-order valence-electron chi connectivity index (χ0n) is 51.4. The zero-order chi connectivity index (χ0) is 65.6. The lowest BCUT2D eigenvalue weighted by Gasteiger charge is -2.17. The molecule has 0 aliphatic rings. The van der Waals surface area contributed by atoms with Crippen LogP contribution in [-0.4, -0.2) is 43.8 Å². The van der Waals surface area contributed by atoms with Crippen LogP contribution in [0.4, 0.5) is 0 Å². The van der Waals surface area contributed by atoms with E-state index in [2.05, 4.69) is 109 Å². The van der Waals surface area contributed by atoms with Crippen molar-refractivity contribution in [3.63, 3.8) is 0 Å². The van der Waals surface area contributed by atoms with E-state index in [1.165, 1.54) is 22.9 Å². The van der Waals surface area contributed by atoms with Crippen molar-refractivity contribution in [3.8, 4) is 11.5 Å². The minimum absolute atomic E-state index is 0.112. The SMILES string of the molecule is Brc1ccc2ccoc2c1.Brc1cccc2occc12.CCC(C)c1ccc2ccoc2c1.CCC(N)c1cccc2occc12.CCOC(COc1cccc(Br)c1)OCC.O=Cc1ccc2ccoc2c1.O=Cc1cccc2occc12.Oc1cccc(Br)c1. The quantitative estimate of drug-likeness (QED) is 0.0821. The van der Waals surface area contributed by atoms with Gasteiger partial charge in [-0.05, 0) is 165 Å². The molecule has 476 valence electrons. The number of benzene rings is 8. The van der Waals surface area contributed by atoms with Crippen LogP contribution in [0.3, 0.4) is 0 Å². The fraction of sp³-hybridized carbons (Fsp3) is 0.173. The number of carbonyl (C=O) groups is 2. The van der Waals surface area contributed by atoms with Gasteiger partial charge in [-0.3, -0.25) is 9.59 Å². The normalized spacial score (nSPS) is 11.2. The Balaban J connectivity index is 0.000000150. The Labute approximate surface area is 567 Å². The second-order valence-electron chi connectivity index (χ2n) is 20.1. The van der Waals surface area contributed by atoms with Crippen molar-refractivity contribution < 1.29 is 55.4 Å². The maximum atomic E-state index is 10.5. The van der Waals surface area contributed by atoms with Crippen LogP contribution in [-0.2, 0) is 9.47 Å². The minimum atomic E-state index is -0.297. The third kappa shape index (κ3) is 22.0. The van der Waals surface area contributed by atoms with Crippen LogP contribution < -0.4 is 10.5 Å². The van der Waals surface area contributed by atoms with Crippen LogP contribution >= 0.6 is 63.7 Å². The molecule has 6 aromatic heterocycles. The molecule has 0 saturated carbocycles. The molecule has 8 aromatic carbocycles. The van der Waals surface area contributed by atoms with Gasteiger partial charge in [0.25, 0.3) is 0 Å². The minimum Gasteiger partial charge on any atom is -0.508 e. The molecule has 0 amide bonds. The van der Waals surface area contributed by atoms with E-state index < -0.39 is 0 Å². The summed E-state index contributed by atoms with van der Waals surface area (Å²) in [7, 11) is 0. The fourth-order valence-electron chi connectivity index (χ4n) is 8.84. The molecule has 14 rings (SSSR count). The van der Waals surface area contributed by atoms with Crippen LogP contribution in [0, 0.1) is 0 Å². The largest absolute Gasteiger partial charge is 0.508 e. The summed E-state index contributed by atoms with van der Waals surface area (Å²) in [6.07, 6.45) is 13.5. The highest BCUT2D eigenvalue weighted by Crippen LogP contribution is 2.28. The van der Waals surface area contributed by atoms with Gasteiger partial charge in [0.15, 0.2) is 12.6 Å². The first-order valence-electron chi connectivity index (χ1n) is 29.6. The molecule has 2 unspecified atom stereocenters. The maximum absolute atomic E-state index is 10.5. The molecular formula is C75H71Br4NO12. The number of rotatable bonds is 13. The molecule has 13 nitrogen and oxygen atoms in total. The topological polar surface area (TPSA) is 187 Å². The van der Waals surface area contributed by atoms with Gasteiger partial charge < -0.3 is 51.6 Å². The fourth-order valence-corrected chi connectivity index (χ4v) is 10.4. The summed E-state index contributed by atoms with van der Waals surface area (Å²) < 4.78 is 51.5. The van der Waals surface area contributed by atoms with E-state index in [0.29, 0.717) is 42.6 Å². The lowest BCUT2D eigenvalue weighted by Crippen LogP contribution is -2.25. The number of aldehydes is 2. The van der Waals surface area contributed by atoms with E-state index in [0.717, 1.165) is 103 Å². The van der Waals surface area contributed by atoms with E-state index in [-0.39, 0.29) is 12.3 Å². The molecular weight excluding hydrogens is 1430 g/mol. The van der Waals surface area contributed by atoms with Gasteiger partial charge in [-0.15, -0.1) is 0 Å². The highest BCUT2D eigenvalue weighted by Gasteiger charge is 2.11. The number of aromatic hydroxyl groups is 1. The maximum Gasteiger partial charge on any atom is 0.191 e. The molecule has 0 saturated heterocycles. The van der Waals surface area contributed by atoms with Crippen molar-refractivity contribution in [2.24, 2.45) is 5.73 Å². The average molecular weight is 1500 g/mol. The second-order valence-corrected chi connectivity index (χ2v) is 23.7. The van der Waals surface area contributed by atoms with Crippen molar-refractivity contribution in [2.75, 3.05) is 19.8 Å². The van der Waals surface area contributed by atoms with Gasteiger partial charge in [-0.25, -0.2) is 0 Å². The number of ether oxygens (including phenoxy) is 3. The summed E-state index contributed by atoms with van der Waals surface area (Å²) in [5, 5.41) is 15.3. The Morgan fingerprint density at radius 2 is 0.967 bits per heavy atom. The molecule has 17 heteroatoms. The Bertz CT molecular complexity index is 4440. The van der Waals surface area contributed by atoms with Crippen LogP contribution in [0.15, 0.2) is 276 Å². The van der Waals surface area contributed by atoms with E-state index in [9.17, 15) is 9.59 Å². The summed E-state index contributed by atoms with van der Waals surface area (Å²) in [5.41, 5.74) is 15.1. The number of nitrogens with two attached hydrogens (primary N) is 1. The highest BCUT2D eigenvalue weighted by molar-refractivity contribution is 9.11. The molecule has 6 heterocycles. The lowest BCUT2D eigenvalue weighted by atomic mass is 9.98. The number of halogens is 4. The molecule has 0 bridgehead atoms. The average Bonchev–Trinajstić information content (AvgIpc) is 2.55. The predicted octanol–water partition coefficient (Wildman–Crippen LogP) is 23.1. The summed E-state index contributed by atoms with van der Waals surface area (Å²) in [6.45, 7) is 12.0. The smallest absolute Gasteiger partial charge is 0.191 e. The molecule has 3 N–H and O–H groups in total.